The van der Waals surface area contributed by atoms with E-state index in [4.69, 9.17) is 11.6 Å². The highest BCUT2D eigenvalue weighted by atomic mass is 35.5. The number of thioether (sulfide) groups is 1. The van der Waals surface area contributed by atoms with Crippen LogP contribution in [0.15, 0.2) is 18.2 Å². The second kappa shape index (κ2) is 5.43. The molecule has 4 nitrogen and oxygen atoms in total. The van der Waals surface area contributed by atoms with Crippen molar-refractivity contribution in [1.82, 2.24) is 4.90 Å². The van der Waals surface area contributed by atoms with Crippen LogP contribution in [0.3, 0.4) is 0 Å². The van der Waals surface area contributed by atoms with Gasteiger partial charge in [0.15, 0.2) is 0 Å². The number of carboxylic acid groups (broad SMARTS) is 1. The van der Waals surface area contributed by atoms with Crippen LogP contribution in [-0.2, 0) is 4.79 Å². The Balaban J connectivity index is 2.37. The minimum absolute atomic E-state index is 0.162. The maximum atomic E-state index is 12.5. The SMILES string of the molecule is Cc1cccc(C(=O)N2C(C)SCC2C(=O)O)c1Cl. The van der Waals surface area contributed by atoms with Crippen LogP contribution < -0.4 is 0 Å². The molecular weight excluding hydrogens is 286 g/mol. The molecule has 19 heavy (non-hydrogen) atoms. The molecule has 0 bridgehead atoms. The zero-order valence-electron chi connectivity index (χ0n) is 10.6. The first-order valence-electron chi connectivity index (χ1n) is 5.85. The number of amides is 1. The van der Waals surface area contributed by atoms with Gasteiger partial charge in [0.2, 0.25) is 0 Å². The van der Waals surface area contributed by atoms with Crippen LogP contribution in [0.2, 0.25) is 5.02 Å². The number of carboxylic acids is 1. The van der Waals surface area contributed by atoms with Gasteiger partial charge in [0, 0.05) is 5.75 Å². The fraction of sp³-hybridized carbons (Fsp3) is 0.385. The first-order chi connectivity index (χ1) is 8.93. The lowest BCUT2D eigenvalue weighted by Crippen LogP contribution is -2.44. The summed E-state index contributed by atoms with van der Waals surface area (Å²) in [4.78, 5) is 25.1. The highest BCUT2D eigenvalue weighted by Crippen LogP contribution is 2.32. The molecule has 1 amide bonds. The average molecular weight is 300 g/mol. The summed E-state index contributed by atoms with van der Waals surface area (Å²) >= 11 is 7.60. The smallest absolute Gasteiger partial charge is 0.327 e. The van der Waals surface area contributed by atoms with E-state index < -0.39 is 12.0 Å². The molecule has 2 rings (SSSR count). The van der Waals surface area contributed by atoms with Crippen LogP contribution >= 0.6 is 23.4 Å². The third-order valence-corrected chi connectivity index (χ3v) is 4.88. The van der Waals surface area contributed by atoms with Crippen LogP contribution in [0.1, 0.15) is 22.8 Å². The van der Waals surface area contributed by atoms with Crippen molar-refractivity contribution < 1.29 is 14.7 Å². The molecule has 0 saturated carbocycles. The van der Waals surface area contributed by atoms with Gasteiger partial charge in [-0.1, -0.05) is 23.7 Å². The average Bonchev–Trinajstić information content (AvgIpc) is 2.74. The van der Waals surface area contributed by atoms with E-state index in [0.717, 1.165) is 5.56 Å². The normalized spacial score (nSPS) is 22.6. The van der Waals surface area contributed by atoms with E-state index in [0.29, 0.717) is 16.3 Å². The van der Waals surface area contributed by atoms with Gasteiger partial charge in [0.25, 0.3) is 5.91 Å². The molecule has 0 spiro atoms. The molecule has 1 aromatic carbocycles. The minimum atomic E-state index is -0.978. The molecule has 1 aliphatic heterocycles. The summed E-state index contributed by atoms with van der Waals surface area (Å²) in [6.45, 7) is 3.64. The minimum Gasteiger partial charge on any atom is -0.480 e. The highest BCUT2D eigenvalue weighted by Gasteiger charge is 2.40. The maximum Gasteiger partial charge on any atom is 0.327 e. The maximum absolute atomic E-state index is 12.5. The Kier molecular flexibility index (Phi) is 4.06. The quantitative estimate of drug-likeness (QED) is 0.912. The van der Waals surface area contributed by atoms with E-state index in [1.165, 1.54) is 16.7 Å². The van der Waals surface area contributed by atoms with Crippen LogP contribution in [0.5, 0.6) is 0 Å². The Bertz CT molecular complexity index is 535. The Morgan fingerprint density at radius 1 is 1.47 bits per heavy atom. The summed E-state index contributed by atoms with van der Waals surface area (Å²) in [5.74, 6) is -0.890. The van der Waals surface area contributed by atoms with Gasteiger partial charge >= 0.3 is 5.97 Å². The lowest BCUT2D eigenvalue weighted by atomic mass is 10.1. The summed E-state index contributed by atoms with van der Waals surface area (Å²) in [5, 5.41) is 9.41. The van der Waals surface area contributed by atoms with Crippen LogP contribution in [0.4, 0.5) is 0 Å². The zero-order chi connectivity index (χ0) is 14.2. The predicted molar refractivity (Wildman–Crippen MR) is 75.7 cm³/mol. The summed E-state index contributed by atoms with van der Waals surface area (Å²) in [6.07, 6.45) is 0. The first-order valence-corrected chi connectivity index (χ1v) is 7.28. The zero-order valence-corrected chi connectivity index (χ0v) is 12.2. The van der Waals surface area contributed by atoms with Gasteiger partial charge in [-0.3, -0.25) is 4.79 Å². The van der Waals surface area contributed by atoms with Crippen molar-refractivity contribution in [2.45, 2.75) is 25.3 Å². The molecule has 1 saturated heterocycles. The van der Waals surface area contributed by atoms with Gasteiger partial charge in [0.1, 0.15) is 6.04 Å². The number of nitrogens with zero attached hydrogens (tertiary/aromatic N) is 1. The Labute approximate surface area is 120 Å². The number of aryl methyl sites for hydroxylation is 1. The Hall–Kier alpha value is -1.20. The van der Waals surface area contributed by atoms with Crippen LogP contribution in [0, 0.1) is 6.92 Å². The van der Waals surface area contributed by atoms with E-state index in [1.54, 1.807) is 12.1 Å². The van der Waals surface area contributed by atoms with Crippen molar-refractivity contribution in [2.75, 3.05) is 5.75 Å². The van der Waals surface area contributed by atoms with E-state index in [-0.39, 0.29) is 11.3 Å². The van der Waals surface area contributed by atoms with Gasteiger partial charge in [-0.25, -0.2) is 4.79 Å². The summed E-state index contributed by atoms with van der Waals surface area (Å²) in [7, 11) is 0. The fourth-order valence-corrected chi connectivity index (χ4v) is 3.47. The molecule has 2 unspecified atom stereocenters. The van der Waals surface area contributed by atoms with Crippen LogP contribution in [0.25, 0.3) is 0 Å². The molecule has 6 heteroatoms. The molecule has 1 aromatic rings. The number of benzene rings is 1. The number of hydrogen-bond acceptors (Lipinski definition) is 3. The summed E-state index contributed by atoms with van der Waals surface area (Å²) in [5.41, 5.74) is 1.17. The third kappa shape index (κ3) is 2.58. The number of carbonyl (C=O) groups excluding carboxylic acids is 1. The van der Waals surface area contributed by atoms with E-state index in [1.807, 2.05) is 19.9 Å². The second-order valence-electron chi connectivity index (χ2n) is 4.44. The largest absolute Gasteiger partial charge is 0.480 e. The fourth-order valence-electron chi connectivity index (χ4n) is 2.09. The molecule has 2 atom stereocenters. The molecule has 0 aliphatic carbocycles. The topological polar surface area (TPSA) is 57.6 Å². The van der Waals surface area contributed by atoms with Crippen molar-refractivity contribution >= 4 is 35.2 Å². The molecule has 1 N–H and O–H groups in total. The van der Waals surface area contributed by atoms with Gasteiger partial charge in [0.05, 0.1) is 16.0 Å². The lowest BCUT2D eigenvalue weighted by Gasteiger charge is -2.25. The second-order valence-corrected chi connectivity index (χ2v) is 6.16. The first kappa shape index (κ1) is 14.2. The summed E-state index contributed by atoms with van der Waals surface area (Å²) < 4.78 is 0. The molecule has 1 fully saturated rings. The number of rotatable bonds is 2. The van der Waals surface area contributed by atoms with Crippen molar-refractivity contribution in [3.8, 4) is 0 Å². The molecule has 0 aromatic heterocycles. The van der Waals surface area contributed by atoms with Gasteiger partial charge < -0.3 is 10.0 Å². The van der Waals surface area contributed by atoms with Crippen molar-refractivity contribution in [2.24, 2.45) is 0 Å². The molecule has 102 valence electrons. The number of hydrogen-bond donors (Lipinski definition) is 1. The van der Waals surface area contributed by atoms with Crippen molar-refractivity contribution in [3.05, 3.63) is 34.3 Å². The monoisotopic (exact) mass is 299 g/mol. The molecule has 1 aliphatic rings. The van der Waals surface area contributed by atoms with Crippen LogP contribution in [-0.4, -0.2) is 39.1 Å². The van der Waals surface area contributed by atoms with Gasteiger partial charge in [-0.2, -0.15) is 0 Å². The molecular formula is C13H14ClNO3S. The van der Waals surface area contributed by atoms with E-state index in [9.17, 15) is 14.7 Å². The number of aliphatic carboxylic acids is 1. The van der Waals surface area contributed by atoms with Gasteiger partial charge in [-0.15, -0.1) is 11.8 Å². The predicted octanol–water partition coefficient (Wildman–Crippen LogP) is 2.64. The Morgan fingerprint density at radius 2 is 2.16 bits per heavy atom. The standard InChI is InChI=1S/C13H14ClNO3S/c1-7-4-3-5-9(11(7)14)12(16)15-8(2)19-6-10(15)13(17)18/h3-5,8,10H,6H2,1-2H3,(H,17,18). The van der Waals surface area contributed by atoms with Gasteiger partial charge in [-0.05, 0) is 25.5 Å². The van der Waals surface area contributed by atoms with E-state index >= 15 is 0 Å². The highest BCUT2D eigenvalue weighted by molar-refractivity contribution is 8.00. The lowest BCUT2D eigenvalue weighted by molar-refractivity contribution is -0.141. The van der Waals surface area contributed by atoms with Crippen molar-refractivity contribution in [3.63, 3.8) is 0 Å². The third-order valence-electron chi connectivity index (χ3n) is 3.16. The Morgan fingerprint density at radius 3 is 2.79 bits per heavy atom. The number of halogens is 1. The summed E-state index contributed by atoms with van der Waals surface area (Å²) in [6, 6.07) is 4.41. The molecule has 0 radical (unpaired) electrons. The number of carbonyl (C=O) groups is 2. The van der Waals surface area contributed by atoms with Crippen molar-refractivity contribution in [1.29, 1.82) is 0 Å². The van der Waals surface area contributed by atoms with E-state index in [2.05, 4.69) is 0 Å². The molecule has 1 heterocycles.